The second kappa shape index (κ2) is 6.98. The molecule has 2 aliphatic rings. The van der Waals surface area contributed by atoms with E-state index in [1.54, 1.807) is 12.1 Å². The number of nitrogens with zero attached hydrogens (tertiary/aromatic N) is 1. The molecule has 1 aromatic rings. The zero-order valence-corrected chi connectivity index (χ0v) is 14.6. The second-order valence-electron chi connectivity index (χ2n) is 7.02. The molecule has 1 saturated carbocycles. The van der Waals surface area contributed by atoms with Crippen LogP contribution >= 0.6 is 15.9 Å². The number of rotatable bonds is 4. The number of likely N-dealkylation sites (tertiary alicyclic amines) is 1. The maximum absolute atomic E-state index is 13.9. The number of halogens is 2. The lowest BCUT2D eigenvalue weighted by Crippen LogP contribution is -2.39. The number of benzene rings is 1. The average Bonchev–Trinajstić information content (AvgIpc) is 2.95. The summed E-state index contributed by atoms with van der Waals surface area (Å²) >= 11 is 3.25. The summed E-state index contributed by atoms with van der Waals surface area (Å²) in [6, 6.07) is 4.88. The Morgan fingerprint density at radius 3 is 2.50 bits per heavy atom. The van der Waals surface area contributed by atoms with Gasteiger partial charge in [-0.3, -0.25) is 0 Å². The summed E-state index contributed by atoms with van der Waals surface area (Å²) in [5.74, 6) is -0.328. The van der Waals surface area contributed by atoms with Gasteiger partial charge in [-0.25, -0.2) is 4.39 Å². The minimum atomic E-state index is -0.713. The van der Waals surface area contributed by atoms with Crippen LogP contribution in [0.2, 0.25) is 0 Å². The van der Waals surface area contributed by atoms with E-state index in [4.69, 9.17) is 0 Å². The van der Waals surface area contributed by atoms with Crippen molar-refractivity contribution in [1.29, 1.82) is 0 Å². The third-order valence-corrected chi connectivity index (χ3v) is 6.11. The number of hydrogen-bond donors (Lipinski definition) is 1. The highest BCUT2D eigenvalue weighted by molar-refractivity contribution is 9.10. The molecule has 1 heterocycles. The number of aliphatic hydroxyl groups excluding tert-OH is 1. The third kappa shape index (κ3) is 3.72. The SMILES string of the molecule is OC(CCN1CCC2(CCCC2)CC1)c1ccc(Br)cc1F. The first-order chi connectivity index (χ1) is 10.6. The fourth-order valence-corrected chi connectivity index (χ4v) is 4.44. The van der Waals surface area contributed by atoms with Gasteiger partial charge in [-0.05, 0) is 62.7 Å². The summed E-state index contributed by atoms with van der Waals surface area (Å²) in [7, 11) is 0. The van der Waals surface area contributed by atoms with Gasteiger partial charge in [0.25, 0.3) is 0 Å². The number of hydrogen-bond acceptors (Lipinski definition) is 2. The van der Waals surface area contributed by atoms with Gasteiger partial charge in [0.1, 0.15) is 5.82 Å². The molecule has 0 radical (unpaired) electrons. The Kier molecular flexibility index (Phi) is 5.20. The van der Waals surface area contributed by atoms with Crippen LogP contribution in [0, 0.1) is 11.2 Å². The molecule has 3 rings (SSSR count). The Morgan fingerprint density at radius 2 is 1.86 bits per heavy atom. The zero-order chi connectivity index (χ0) is 15.6. The maximum atomic E-state index is 13.9. The van der Waals surface area contributed by atoms with Gasteiger partial charge in [-0.1, -0.05) is 34.8 Å². The minimum absolute atomic E-state index is 0.328. The molecule has 2 nitrogen and oxygen atoms in total. The molecule has 0 amide bonds. The highest BCUT2D eigenvalue weighted by Crippen LogP contribution is 2.46. The molecule has 1 atom stereocenters. The molecule has 1 saturated heterocycles. The van der Waals surface area contributed by atoms with Crippen molar-refractivity contribution in [3.05, 3.63) is 34.1 Å². The van der Waals surface area contributed by atoms with Gasteiger partial charge in [-0.15, -0.1) is 0 Å². The summed E-state index contributed by atoms with van der Waals surface area (Å²) in [5.41, 5.74) is 1.04. The van der Waals surface area contributed by atoms with Gasteiger partial charge in [-0.2, -0.15) is 0 Å². The topological polar surface area (TPSA) is 23.5 Å². The van der Waals surface area contributed by atoms with E-state index in [0.29, 0.717) is 21.9 Å². The smallest absolute Gasteiger partial charge is 0.130 e. The van der Waals surface area contributed by atoms with E-state index in [9.17, 15) is 9.50 Å². The molecule has 22 heavy (non-hydrogen) atoms. The van der Waals surface area contributed by atoms with Crippen LogP contribution in [0.3, 0.4) is 0 Å². The molecule has 1 unspecified atom stereocenters. The van der Waals surface area contributed by atoms with Crippen LogP contribution in [0.5, 0.6) is 0 Å². The minimum Gasteiger partial charge on any atom is -0.388 e. The van der Waals surface area contributed by atoms with Crippen LogP contribution < -0.4 is 0 Å². The first kappa shape index (κ1) is 16.4. The Labute approximate surface area is 140 Å². The van der Waals surface area contributed by atoms with Gasteiger partial charge in [0.2, 0.25) is 0 Å². The molecule has 0 aromatic heterocycles. The highest BCUT2D eigenvalue weighted by atomic mass is 79.9. The molecule has 1 N–H and O–H groups in total. The largest absolute Gasteiger partial charge is 0.388 e. The fraction of sp³-hybridized carbons (Fsp3) is 0.667. The lowest BCUT2D eigenvalue weighted by atomic mass is 9.77. The van der Waals surface area contributed by atoms with Crippen LogP contribution in [0.4, 0.5) is 4.39 Å². The van der Waals surface area contributed by atoms with Crippen molar-refractivity contribution in [2.45, 2.75) is 51.0 Å². The third-order valence-electron chi connectivity index (χ3n) is 5.62. The van der Waals surface area contributed by atoms with Crippen molar-refractivity contribution < 1.29 is 9.50 Å². The molecular formula is C18H25BrFNO. The van der Waals surface area contributed by atoms with E-state index in [1.807, 2.05) is 0 Å². The van der Waals surface area contributed by atoms with Gasteiger partial charge in [0, 0.05) is 16.6 Å². The van der Waals surface area contributed by atoms with Crippen molar-refractivity contribution in [2.24, 2.45) is 5.41 Å². The molecule has 2 fully saturated rings. The Morgan fingerprint density at radius 1 is 1.18 bits per heavy atom. The van der Waals surface area contributed by atoms with Gasteiger partial charge in [0.15, 0.2) is 0 Å². The van der Waals surface area contributed by atoms with Crippen LogP contribution in [-0.4, -0.2) is 29.6 Å². The van der Waals surface area contributed by atoms with E-state index in [0.717, 1.165) is 19.6 Å². The van der Waals surface area contributed by atoms with Crippen molar-refractivity contribution in [3.8, 4) is 0 Å². The zero-order valence-electron chi connectivity index (χ0n) is 13.0. The van der Waals surface area contributed by atoms with Crippen molar-refractivity contribution in [2.75, 3.05) is 19.6 Å². The first-order valence-electron chi connectivity index (χ1n) is 8.43. The first-order valence-corrected chi connectivity index (χ1v) is 9.23. The molecule has 1 aliphatic carbocycles. The summed E-state index contributed by atoms with van der Waals surface area (Å²) < 4.78 is 14.6. The molecular weight excluding hydrogens is 345 g/mol. The molecule has 1 aromatic carbocycles. The van der Waals surface area contributed by atoms with Crippen LogP contribution in [0.1, 0.15) is 56.6 Å². The predicted molar refractivity (Wildman–Crippen MR) is 90.3 cm³/mol. The van der Waals surface area contributed by atoms with Crippen LogP contribution in [0.15, 0.2) is 22.7 Å². The lowest BCUT2D eigenvalue weighted by molar-refractivity contribution is 0.0860. The van der Waals surface area contributed by atoms with E-state index >= 15 is 0 Å². The van der Waals surface area contributed by atoms with Gasteiger partial charge < -0.3 is 10.0 Å². The second-order valence-corrected chi connectivity index (χ2v) is 7.93. The summed E-state index contributed by atoms with van der Waals surface area (Å²) in [4.78, 5) is 2.43. The predicted octanol–water partition coefficient (Wildman–Crippen LogP) is 4.67. The Balaban J connectivity index is 1.48. The highest BCUT2D eigenvalue weighted by Gasteiger charge is 2.36. The Bertz CT molecular complexity index is 506. The quantitative estimate of drug-likeness (QED) is 0.833. The number of piperidine rings is 1. The van der Waals surface area contributed by atoms with Gasteiger partial charge in [0.05, 0.1) is 6.10 Å². The maximum Gasteiger partial charge on any atom is 0.130 e. The monoisotopic (exact) mass is 369 g/mol. The molecule has 1 spiro atoms. The van der Waals surface area contributed by atoms with E-state index in [2.05, 4.69) is 20.8 Å². The van der Waals surface area contributed by atoms with Crippen LogP contribution in [0.25, 0.3) is 0 Å². The summed E-state index contributed by atoms with van der Waals surface area (Å²) in [6.45, 7) is 3.12. The Hall–Kier alpha value is -0.450. The lowest BCUT2D eigenvalue weighted by Gasteiger charge is -2.39. The van der Waals surface area contributed by atoms with E-state index < -0.39 is 6.10 Å². The average molecular weight is 370 g/mol. The fourth-order valence-electron chi connectivity index (χ4n) is 4.11. The van der Waals surface area contributed by atoms with Crippen molar-refractivity contribution in [3.63, 3.8) is 0 Å². The normalized spacial score (nSPS) is 23.0. The van der Waals surface area contributed by atoms with E-state index in [-0.39, 0.29) is 5.82 Å². The number of aliphatic hydroxyl groups is 1. The van der Waals surface area contributed by atoms with Crippen molar-refractivity contribution in [1.82, 2.24) is 4.90 Å². The molecule has 122 valence electrons. The summed E-state index contributed by atoms with van der Waals surface area (Å²) in [6.07, 6.45) is 8.12. The molecule has 0 bridgehead atoms. The van der Waals surface area contributed by atoms with Gasteiger partial charge >= 0.3 is 0 Å². The summed E-state index contributed by atoms with van der Waals surface area (Å²) in [5, 5.41) is 10.2. The van der Waals surface area contributed by atoms with E-state index in [1.165, 1.54) is 44.6 Å². The molecule has 1 aliphatic heterocycles. The standard InChI is InChI=1S/C18H25BrFNO/c19-14-3-4-15(16(20)13-14)17(22)5-10-21-11-8-18(9-12-21)6-1-2-7-18/h3-4,13,17,22H,1-2,5-12H2. The van der Waals surface area contributed by atoms with Crippen molar-refractivity contribution >= 4 is 15.9 Å². The van der Waals surface area contributed by atoms with Crippen LogP contribution in [-0.2, 0) is 0 Å². The molecule has 4 heteroatoms.